The molecule has 3 rings (SSSR count). The molecular formula is C31H49ClN4O7. The Balaban J connectivity index is 1.71. The number of aliphatic hydroxyl groups is 1. The third kappa shape index (κ3) is 11.7. The fourth-order valence-electron chi connectivity index (χ4n) is 5.99. The highest BCUT2D eigenvalue weighted by Crippen LogP contribution is 2.34. The minimum absolute atomic E-state index is 0.0363. The van der Waals surface area contributed by atoms with E-state index >= 15 is 0 Å². The van der Waals surface area contributed by atoms with Gasteiger partial charge in [-0.05, 0) is 76.5 Å². The first kappa shape index (κ1) is 34.7. The van der Waals surface area contributed by atoms with Gasteiger partial charge in [0.25, 0.3) is 0 Å². The number of rotatable bonds is 11. The highest BCUT2D eigenvalue weighted by molar-refractivity contribution is 6.30. The number of nitrogens with one attached hydrogen (secondary N) is 2. The first-order valence-corrected chi connectivity index (χ1v) is 15.7. The molecule has 1 saturated carbocycles. The molecule has 1 aromatic rings. The Labute approximate surface area is 260 Å². The minimum Gasteiger partial charge on any atom is -0.465 e. The summed E-state index contributed by atoms with van der Waals surface area (Å²) >= 11 is 6.28. The number of halogens is 1. The summed E-state index contributed by atoms with van der Waals surface area (Å²) in [6, 6.07) is 6.81. The number of likely N-dealkylation sites (N-methyl/N-ethyl adjacent to an activating group) is 1. The van der Waals surface area contributed by atoms with Gasteiger partial charge in [0.05, 0.1) is 18.8 Å². The summed E-state index contributed by atoms with van der Waals surface area (Å²) in [5.41, 5.74) is 0.232. The van der Waals surface area contributed by atoms with Crippen LogP contribution in [0.1, 0.15) is 77.4 Å². The molecule has 1 saturated heterocycles. The van der Waals surface area contributed by atoms with Gasteiger partial charge in [-0.25, -0.2) is 14.4 Å². The number of urea groups is 1. The summed E-state index contributed by atoms with van der Waals surface area (Å²) in [6.45, 7) is 7.02. The number of carbonyl (C=O) groups is 3. The van der Waals surface area contributed by atoms with Crippen molar-refractivity contribution in [3.8, 4) is 0 Å². The quantitative estimate of drug-likeness (QED) is 0.246. The Kier molecular flexibility index (Phi) is 13.2. The number of nitrogens with zero attached hydrogens (tertiary/aromatic N) is 2. The highest BCUT2D eigenvalue weighted by Gasteiger charge is 2.34. The second-order valence-electron chi connectivity index (χ2n) is 12.8. The van der Waals surface area contributed by atoms with Gasteiger partial charge >= 0.3 is 18.2 Å². The summed E-state index contributed by atoms with van der Waals surface area (Å²) in [5.74, 6) is 0.00561. The first-order chi connectivity index (χ1) is 20.3. The molecule has 43 heavy (non-hydrogen) atoms. The minimum atomic E-state index is -1.11. The van der Waals surface area contributed by atoms with Gasteiger partial charge in [0.15, 0.2) is 0 Å². The monoisotopic (exact) mass is 624 g/mol. The van der Waals surface area contributed by atoms with Gasteiger partial charge in [0.1, 0.15) is 5.60 Å². The predicted octanol–water partition coefficient (Wildman–Crippen LogP) is 5.26. The van der Waals surface area contributed by atoms with Gasteiger partial charge in [0, 0.05) is 50.2 Å². The van der Waals surface area contributed by atoms with Crippen molar-refractivity contribution >= 4 is 29.8 Å². The zero-order chi connectivity index (χ0) is 31.6. The molecule has 11 nitrogen and oxygen atoms in total. The lowest BCUT2D eigenvalue weighted by Gasteiger charge is -2.39. The lowest BCUT2D eigenvalue weighted by Crippen LogP contribution is -2.53. The number of hydrogen-bond donors (Lipinski definition) is 4. The van der Waals surface area contributed by atoms with Crippen LogP contribution >= 0.6 is 11.6 Å². The molecule has 0 spiro atoms. The number of benzene rings is 1. The van der Waals surface area contributed by atoms with Crippen molar-refractivity contribution in [3.05, 3.63) is 34.9 Å². The lowest BCUT2D eigenvalue weighted by molar-refractivity contribution is -0.00879. The number of ether oxygens (including phenoxy) is 2. The van der Waals surface area contributed by atoms with E-state index in [2.05, 4.69) is 10.6 Å². The Morgan fingerprint density at radius 1 is 1.16 bits per heavy atom. The molecule has 4 N–H and O–H groups in total. The van der Waals surface area contributed by atoms with Crippen molar-refractivity contribution in [3.63, 3.8) is 0 Å². The number of piperidine rings is 1. The molecule has 1 unspecified atom stereocenters. The number of amides is 4. The Morgan fingerprint density at radius 3 is 2.58 bits per heavy atom. The number of carboxylic acid groups (broad SMARTS) is 1. The second kappa shape index (κ2) is 16.4. The van der Waals surface area contributed by atoms with E-state index in [4.69, 9.17) is 26.2 Å². The summed E-state index contributed by atoms with van der Waals surface area (Å²) in [7, 11) is 1.66. The van der Waals surface area contributed by atoms with Crippen LogP contribution in [0.3, 0.4) is 0 Å². The predicted molar refractivity (Wildman–Crippen MR) is 164 cm³/mol. The molecule has 1 heterocycles. The molecule has 242 valence electrons. The van der Waals surface area contributed by atoms with Crippen molar-refractivity contribution in [1.82, 2.24) is 20.4 Å². The maximum absolute atomic E-state index is 13.7. The van der Waals surface area contributed by atoms with Crippen LogP contribution in [0.4, 0.5) is 14.4 Å². The third-order valence-electron chi connectivity index (χ3n) is 8.01. The van der Waals surface area contributed by atoms with Gasteiger partial charge in [-0.15, -0.1) is 0 Å². The third-order valence-corrected chi connectivity index (χ3v) is 8.24. The van der Waals surface area contributed by atoms with Crippen molar-refractivity contribution in [2.75, 3.05) is 39.8 Å². The molecule has 0 bridgehead atoms. The van der Waals surface area contributed by atoms with Gasteiger partial charge < -0.3 is 40.1 Å². The molecule has 1 aliphatic carbocycles. The van der Waals surface area contributed by atoms with E-state index in [1.807, 2.05) is 39.0 Å². The van der Waals surface area contributed by atoms with Crippen LogP contribution in [0.25, 0.3) is 0 Å². The topological polar surface area (TPSA) is 141 Å². The van der Waals surface area contributed by atoms with Crippen LogP contribution in [0.5, 0.6) is 0 Å². The van der Waals surface area contributed by atoms with Gasteiger partial charge in [-0.2, -0.15) is 0 Å². The summed E-state index contributed by atoms with van der Waals surface area (Å²) in [4.78, 5) is 40.6. The van der Waals surface area contributed by atoms with E-state index in [0.717, 1.165) is 44.1 Å². The average molecular weight is 625 g/mol. The molecule has 1 aromatic carbocycles. The van der Waals surface area contributed by atoms with Crippen LogP contribution in [0, 0.1) is 11.8 Å². The molecular weight excluding hydrogens is 576 g/mol. The normalized spacial score (nSPS) is 22.3. The fourth-order valence-corrected chi connectivity index (χ4v) is 6.19. The number of aliphatic hydroxyl groups excluding tert-OH is 1. The van der Waals surface area contributed by atoms with Crippen molar-refractivity contribution in [2.24, 2.45) is 11.8 Å². The number of carbonyl (C=O) groups excluding carboxylic acids is 2. The maximum atomic E-state index is 13.7. The largest absolute Gasteiger partial charge is 0.465 e. The van der Waals surface area contributed by atoms with Crippen LogP contribution in [0.15, 0.2) is 24.3 Å². The molecule has 2 aliphatic rings. The van der Waals surface area contributed by atoms with Gasteiger partial charge in [0.2, 0.25) is 0 Å². The summed E-state index contributed by atoms with van der Waals surface area (Å²) in [5, 5.41) is 25.6. The number of hydrogen-bond acceptors (Lipinski definition) is 6. The van der Waals surface area contributed by atoms with E-state index in [1.165, 1.54) is 4.90 Å². The highest BCUT2D eigenvalue weighted by atomic mass is 35.5. The van der Waals surface area contributed by atoms with Crippen molar-refractivity contribution in [1.29, 1.82) is 0 Å². The second-order valence-corrected chi connectivity index (χ2v) is 13.2. The molecule has 4 amide bonds. The molecule has 12 heteroatoms. The van der Waals surface area contributed by atoms with Crippen LogP contribution in [0.2, 0.25) is 5.02 Å². The SMILES string of the molecule is CN(C[C@@H](C[C@H]1CCCC[C@@H]1O)NC(=O)N1CCCC([C@@H](OCCNC(=O)O)c2cccc(Cl)c2)C1)C(=O)OC(C)(C)C. The van der Waals surface area contributed by atoms with E-state index in [9.17, 15) is 19.5 Å². The Morgan fingerprint density at radius 2 is 1.91 bits per heavy atom. The maximum Gasteiger partial charge on any atom is 0.410 e. The Hall–Kier alpha value is -2.76. The fraction of sp³-hybridized carbons (Fsp3) is 0.710. The summed E-state index contributed by atoms with van der Waals surface area (Å²) < 4.78 is 11.7. The van der Waals surface area contributed by atoms with Gasteiger partial charge in [-0.3, -0.25) is 0 Å². The first-order valence-electron chi connectivity index (χ1n) is 15.3. The molecule has 0 radical (unpaired) electrons. The van der Waals surface area contributed by atoms with Crippen molar-refractivity contribution < 1.29 is 34.1 Å². The van der Waals surface area contributed by atoms with Crippen LogP contribution in [-0.2, 0) is 9.47 Å². The number of likely N-dealkylation sites (tertiary alicyclic amines) is 1. The van der Waals surface area contributed by atoms with E-state index < -0.39 is 23.9 Å². The zero-order valence-corrected chi connectivity index (χ0v) is 26.6. The van der Waals surface area contributed by atoms with Gasteiger partial charge in [-0.1, -0.05) is 36.6 Å². The summed E-state index contributed by atoms with van der Waals surface area (Å²) in [6.07, 6.45) is 3.42. The van der Waals surface area contributed by atoms with E-state index in [1.54, 1.807) is 18.0 Å². The van der Waals surface area contributed by atoms with E-state index in [0.29, 0.717) is 24.5 Å². The molecule has 5 atom stereocenters. The van der Waals surface area contributed by atoms with Crippen LogP contribution in [-0.4, -0.2) is 95.8 Å². The Bertz CT molecular complexity index is 1070. The molecule has 1 aliphatic heterocycles. The average Bonchev–Trinajstić information content (AvgIpc) is 2.93. The molecule has 0 aromatic heterocycles. The van der Waals surface area contributed by atoms with E-state index in [-0.39, 0.29) is 49.7 Å². The smallest absolute Gasteiger partial charge is 0.410 e. The standard InChI is InChI=1S/C31H49ClN4O7/c1-31(2,3)43-30(41)35(4)20-25(18-21-9-5-6-13-26(21)37)34-28(38)36-15-8-11-23(19-36)27(42-16-14-33-29(39)40)22-10-7-12-24(32)17-22/h7,10,12,17,21,23,25-27,33,37H,5-6,8-9,11,13-16,18-20H2,1-4H3,(H,34,38)(H,39,40)/t21-,23?,25-,26+,27+/m1/s1. The molecule has 2 fully saturated rings. The van der Waals surface area contributed by atoms with Crippen molar-refractivity contribution in [2.45, 2.75) is 89.6 Å². The zero-order valence-electron chi connectivity index (χ0n) is 25.9. The lowest BCUT2D eigenvalue weighted by atomic mass is 9.82. The van der Waals surface area contributed by atoms with Crippen LogP contribution < -0.4 is 10.6 Å².